The molecule has 1 aromatic rings. The van der Waals surface area contributed by atoms with E-state index < -0.39 is 0 Å². The van der Waals surface area contributed by atoms with E-state index in [-0.39, 0.29) is 24.0 Å². The average Bonchev–Trinajstić information content (AvgIpc) is 3.17. The summed E-state index contributed by atoms with van der Waals surface area (Å²) < 4.78 is 2.01. The Balaban J connectivity index is 0.00000225. The molecule has 1 aromatic heterocycles. The number of hydrogen-bond donors (Lipinski definition) is 2. The minimum absolute atomic E-state index is 0. The van der Waals surface area contributed by atoms with Gasteiger partial charge in [-0.25, -0.2) is 4.99 Å². The van der Waals surface area contributed by atoms with Crippen molar-refractivity contribution < 1.29 is 0 Å². The molecule has 0 amide bonds. The standard InChI is InChI=1S/C18H32N6.HI/c1-13-7-6-10-16(11-13)21-18(20-15-8-4-5-9-15)19-12-17-23-22-14(2)24(17)3;/h13,15-16H,4-12H2,1-3H3,(H2,19,20,21);1H. The first-order valence-electron chi connectivity index (χ1n) is 9.54. The van der Waals surface area contributed by atoms with Gasteiger partial charge in [-0.05, 0) is 38.5 Å². The number of rotatable bonds is 4. The number of aromatic nitrogens is 3. The second kappa shape index (κ2) is 9.73. The Kier molecular flexibility index (Phi) is 7.96. The van der Waals surface area contributed by atoms with Crippen molar-refractivity contribution >= 4 is 29.9 Å². The molecule has 6 nitrogen and oxygen atoms in total. The molecule has 2 saturated carbocycles. The number of halogens is 1. The summed E-state index contributed by atoms with van der Waals surface area (Å²) in [4.78, 5) is 4.82. The molecule has 3 rings (SSSR count). The van der Waals surface area contributed by atoms with E-state index in [1.165, 1.54) is 51.4 Å². The van der Waals surface area contributed by atoms with Crippen molar-refractivity contribution in [3.63, 3.8) is 0 Å². The number of hydrogen-bond acceptors (Lipinski definition) is 3. The molecule has 0 radical (unpaired) electrons. The molecule has 2 unspecified atom stereocenters. The van der Waals surface area contributed by atoms with Gasteiger partial charge in [0, 0.05) is 19.1 Å². The van der Waals surface area contributed by atoms with Crippen LogP contribution in [0.4, 0.5) is 0 Å². The zero-order valence-corrected chi connectivity index (χ0v) is 18.1. The van der Waals surface area contributed by atoms with Gasteiger partial charge in [-0.1, -0.05) is 32.6 Å². The lowest BCUT2D eigenvalue weighted by atomic mass is 9.87. The highest BCUT2D eigenvalue weighted by atomic mass is 127. The van der Waals surface area contributed by atoms with Crippen LogP contribution in [0.25, 0.3) is 0 Å². The Morgan fingerprint density at radius 3 is 2.40 bits per heavy atom. The van der Waals surface area contributed by atoms with Crippen molar-refractivity contribution in [2.24, 2.45) is 18.0 Å². The van der Waals surface area contributed by atoms with Crippen LogP contribution < -0.4 is 10.6 Å². The number of guanidine groups is 1. The molecule has 2 atom stereocenters. The van der Waals surface area contributed by atoms with Crippen LogP contribution in [0, 0.1) is 12.8 Å². The Bertz CT molecular complexity index is 564. The molecule has 0 spiro atoms. The van der Waals surface area contributed by atoms with Gasteiger partial charge >= 0.3 is 0 Å². The number of aliphatic imine (C=N–C) groups is 1. The maximum atomic E-state index is 4.82. The molecule has 2 N–H and O–H groups in total. The smallest absolute Gasteiger partial charge is 0.192 e. The van der Waals surface area contributed by atoms with Gasteiger partial charge in [-0.2, -0.15) is 0 Å². The quantitative estimate of drug-likeness (QED) is 0.411. The topological polar surface area (TPSA) is 67.1 Å². The van der Waals surface area contributed by atoms with Crippen molar-refractivity contribution in [3.8, 4) is 0 Å². The number of aryl methyl sites for hydroxylation is 1. The fourth-order valence-electron chi connectivity index (χ4n) is 3.89. The third kappa shape index (κ3) is 5.82. The normalized spacial score (nSPS) is 24.8. The first kappa shape index (κ1) is 20.5. The minimum Gasteiger partial charge on any atom is -0.354 e. The van der Waals surface area contributed by atoms with Gasteiger partial charge in [0.25, 0.3) is 0 Å². The Morgan fingerprint density at radius 2 is 1.76 bits per heavy atom. The summed E-state index contributed by atoms with van der Waals surface area (Å²) in [6, 6.07) is 1.11. The molecule has 2 aliphatic rings. The van der Waals surface area contributed by atoms with Crippen LogP contribution in [-0.2, 0) is 13.6 Å². The van der Waals surface area contributed by atoms with Crippen molar-refractivity contribution in [2.75, 3.05) is 0 Å². The molecular formula is C18H33IN6. The third-order valence-electron chi connectivity index (χ3n) is 5.53. The van der Waals surface area contributed by atoms with E-state index in [2.05, 4.69) is 27.8 Å². The van der Waals surface area contributed by atoms with Gasteiger partial charge in [-0.15, -0.1) is 34.2 Å². The predicted molar refractivity (Wildman–Crippen MR) is 112 cm³/mol. The van der Waals surface area contributed by atoms with Crippen LogP contribution in [0.5, 0.6) is 0 Å². The Morgan fingerprint density at radius 1 is 1.08 bits per heavy atom. The van der Waals surface area contributed by atoms with E-state index in [9.17, 15) is 0 Å². The summed E-state index contributed by atoms with van der Waals surface area (Å²) in [5, 5.41) is 15.7. The van der Waals surface area contributed by atoms with Crippen LogP contribution in [0.15, 0.2) is 4.99 Å². The summed E-state index contributed by atoms with van der Waals surface area (Å²) in [6.45, 7) is 4.90. The van der Waals surface area contributed by atoms with Crippen molar-refractivity contribution in [2.45, 2.75) is 83.8 Å². The summed E-state index contributed by atoms with van der Waals surface area (Å²) >= 11 is 0. The molecule has 0 bridgehead atoms. The van der Waals surface area contributed by atoms with Gasteiger partial charge in [0.05, 0.1) is 0 Å². The van der Waals surface area contributed by atoms with Crippen LogP contribution in [0.3, 0.4) is 0 Å². The first-order chi connectivity index (χ1) is 11.6. The van der Waals surface area contributed by atoms with Crippen LogP contribution >= 0.6 is 24.0 Å². The highest BCUT2D eigenvalue weighted by Gasteiger charge is 2.22. The lowest BCUT2D eigenvalue weighted by molar-refractivity contribution is 0.323. The molecule has 0 aliphatic heterocycles. The fraction of sp³-hybridized carbons (Fsp3) is 0.833. The first-order valence-corrected chi connectivity index (χ1v) is 9.54. The second-order valence-corrected chi connectivity index (χ2v) is 7.63. The fourth-order valence-corrected chi connectivity index (χ4v) is 3.89. The number of nitrogens with zero attached hydrogens (tertiary/aromatic N) is 4. The van der Waals surface area contributed by atoms with Crippen molar-refractivity contribution in [3.05, 3.63) is 11.6 Å². The molecule has 2 aliphatic carbocycles. The van der Waals surface area contributed by atoms with Gasteiger partial charge in [0.2, 0.25) is 0 Å². The summed E-state index contributed by atoms with van der Waals surface area (Å²) in [5.74, 6) is 3.61. The largest absolute Gasteiger partial charge is 0.354 e. The highest BCUT2D eigenvalue weighted by molar-refractivity contribution is 14.0. The van der Waals surface area contributed by atoms with Crippen LogP contribution in [0.2, 0.25) is 0 Å². The molecule has 2 fully saturated rings. The van der Waals surface area contributed by atoms with E-state index in [0.717, 1.165) is 23.5 Å². The van der Waals surface area contributed by atoms with E-state index in [1.54, 1.807) is 0 Å². The van der Waals surface area contributed by atoms with Crippen molar-refractivity contribution in [1.82, 2.24) is 25.4 Å². The molecule has 25 heavy (non-hydrogen) atoms. The van der Waals surface area contributed by atoms with E-state index >= 15 is 0 Å². The summed E-state index contributed by atoms with van der Waals surface area (Å²) in [6.07, 6.45) is 10.3. The van der Waals surface area contributed by atoms with Gasteiger partial charge in [0.1, 0.15) is 12.4 Å². The Hall–Kier alpha value is -0.860. The van der Waals surface area contributed by atoms with Gasteiger partial charge in [0.15, 0.2) is 11.8 Å². The summed E-state index contributed by atoms with van der Waals surface area (Å²) in [5.41, 5.74) is 0. The second-order valence-electron chi connectivity index (χ2n) is 7.63. The van der Waals surface area contributed by atoms with Crippen LogP contribution in [0.1, 0.15) is 69.9 Å². The third-order valence-corrected chi connectivity index (χ3v) is 5.53. The zero-order valence-electron chi connectivity index (χ0n) is 15.8. The number of nitrogens with one attached hydrogen (secondary N) is 2. The lowest BCUT2D eigenvalue weighted by Crippen LogP contribution is -2.48. The highest BCUT2D eigenvalue weighted by Crippen LogP contribution is 2.23. The Labute approximate surface area is 168 Å². The SMILES string of the molecule is Cc1nnc(CN=C(NC2CCCC2)NC2CCCC(C)C2)n1C.I. The maximum Gasteiger partial charge on any atom is 0.192 e. The molecule has 7 heteroatoms. The van der Waals surface area contributed by atoms with Crippen molar-refractivity contribution in [1.29, 1.82) is 0 Å². The minimum atomic E-state index is 0. The predicted octanol–water partition coefficient (Wildman–Crippen LogP) is 3.30. The molecule has 0 saturated heterocycles. The van der Waals surface area contributed by atoms with E-state index in [0.29, 0.717) is 18.6 Å². The monoisotopic (exact) mass is 460 g/mol. The van der Waals surface area contributed by atoms with Crippen LogP contribution in [-0.4, -0.2) is 32.8 Å². The molecule has 1 heterocycles. The molecule has 142 valence electrons. The molecular weight excluding hydrogens is 427 g/mol. The lowest BCUT2D eigenvalue weighted by Gasteiger charge is -2.29. The molecule has 0 aromatic carbocycles. The van der Waals surface area contributed by atoms with E-state index in [1.807, 2.05) is 18.5 Å². The van der Waals surface area contributed by atoms with E-state index in [4.69, 9.17) is 4.99 Å². The van der Waals surface area contributed by atoms with Gasteiger partial charge in [-0.3, -0.25) is 0 Å². The zero-order chi connectivity index (χ0) is 16.9. The summed E-state index contributed by atoms with van der Waals surface area (Å²) in [7, 11) is 2.00. The maximum absolute atomic E-state index is 4.82. The average molecular weight is 460 g/mol. The van der Waals surface area contributed by atoms with Gasteiger partial charge < -0.3 is 15.2 Å².